The van der Waals surface area contributed by atoms with Crippen molar-refractivity contribution in [1.29, 1.82) is 0 Å². The molecule has 0 saturated heterocycles. The quantitative estimate of drug-likeness (QED) is 0.398. The monoisotopic (exact) mass is 190 g/mol. The molecule has 3 N–H and O–H groups in total. The minimum atomic E-state index is -1.83. The molecule has 0 radical (unpaired) electrons. The third-order valence-corrected chi connectivity index (χ3v) is 0.365. The molecule has 0 heterocycles. The Morgan fingerprint density at radius 1 is 1.18 bits per heavy atom. The van der Waals surface area contributed by atoms with Gasteiger partial charge in [-0.05, 0) is 6.92 Å². The van der Waals surface area contributed by atoms with Gasteiger partial charge in [-0.25, -0.2) is 9.59 Å². The second kappa shape index (κ2) is 9.74. The van der Waals surface area contributed by atoms with Gasteiger partial charge in [0.15, 0.2) is 0 Å². The Balaban J connectivity index is -0.000000114. The van der Waals surface area contributed by atoms with Crippen molar-refractivity contribution < 1.29 is 24.9 Å². The molecule has 0 fully saturated rings. The van der Waals surface area contributed by atoms with E-state index in [1.54, 1.807) is 0 Å². The first-order valence-corrected chi connectivity index (χ1v) is 2.18. The van der Waals surface area contributed by atoms with Gasteiger partial charge in [0.1, 0.15) is 0 Å². The average Bonchev–Trinajstić information content (AvgIpc) is 1.63. The second-order valence-electron chi connectivity index (χ2n) is 1.37. The molecule has 5 nitrogen and oxygen atoms in total. The molecule has 11 heavy (non-hydrogen) atoms. The standard InChI is InChI=1S/C4H6O2.CH2O3.Ca.2H/c1-3(2)4(5)6;2-1(3)4;;;/h1H2,2H3,(H,5,6);(H2,2,3,4);;;. The molecular weight excluding hydrogens is 180 g/mol. The number of rotatable bonds is 1. The minimum absolute atomic E-state index is 0. The van der Waals surface area contributed by atoms with Gasteiger partial charge in [0.25, 0.3) is 0 Å². The van der Waals surface area contributed by atoms with Crippen molar-refractivity contribution in [3.8, 4) is 0 Å². The first-order valence-electron chi connectivity index (χ1n) is 2.18. The Bertz CT molecular complexity index is 137. The number of carbonyl (C=O) groups is 2. The van der Waals surface area contributed by atoms with Crippen LogP contribution in [0, 0.1) is 0 Å². The maximum absolute atomic E-state index is 9.60. The van der Waals surface area contributed by atoms with Gasteiger partial charge in [0.05, 0.1) is 0 Å². The van der Waals surface area contributed by atoms with E-state index in [1.165, 1.54) is 6.92 Å². The topological polar surface area (TPSA) is 94.8 Å². The van der Waals surface area contributed by atoms with Gasteiger partial charge < -0.3 is 15.3 Å². The summed E-state index contributed by atoms with van der Waals surface area (Å²) in [6, 6.07) is 0. The zero-order chi connectivity index (χ0) is 8.73. The van der Waals surface area contributed by atoms with E-state index in [0.29, 0.717) is 0 Å². The Hall–Kier alpha value is -0.260. The fourth-order valence-electron chi connectivity index (χ4n) is 0. The summed E-state index contributed by atoms with van der Waals surface area (Å²) in [6.45, 7) is 4.60. The summed E-state index contributed by atoms with van der Waals surface area (Å²) in [6.07, 6.45) is -1.83. The van der Waals surface area contributed by atoms with Crippen LogP contribution in [0.2, 0.25) is 0 Å². The van der Waals surface area contributed by atoms with Crippen LogP contribution in [-0.2, 0) is 4.79 Å². The maximum atomic E-state index is 9.60. The van der Waals surface area contributed by atoms with Crippen LogP contribution < -0.4 is 0 Å². The molecule has 0 bridgehead atoms. The summed E-state index contributed by atoms with van der Waals surface area (Å²) in [5.74, 6) is -0.935. The van der Waals surface area contributed by atoms with Crippen molar-refractivity contribution >= 4 is 49.9 Å². The van der Waals surface area contributed by atoms with Crippen LogP contribution in [0.4, 0.5) is 4.79 Å². The fourth-order valence-corrected chi connectivity index (χ4v) is 0. The number of hydrogen-bond donors (Lipinski definition) is 3. The average molecular weight is 190 g/mol. The van der Waals surface area contributed by atoms with E-state index < -0.39 is 12.1 Å². The molecule has 0 spiro atoms. The van der Waals surface area contributed by atoms with E-state index in [4.69, 9.17) is 20.1 Å². The molecule has 0 atom stereocenters. The zero-order valence-corrected chi connectivity index (χ0v) is 5.37. The van der Waals surface area contributed by atoms with Gasteiger partial charge in [-0.3, -0.25) is 0 Å². The first kappa shape index (κ1) is 17.0. The zero-order valence-electron chi connectivity index (χ0n) is 5.37. The Morgan fingerprint density at radius 3 is 1.27 bits per heavy atom. The van der Waals surface area contributed by atoms with Crippen LogP contribution in [0.1, 0.15) is 6.92 Å². The molecule has 0 unspecified atom stereocenters. The van der Waals surface area contributed by atoms with Gasteiger partial charge in [-0.15, -0.1) is 0 Å². The first-order chi connectivity index (χ1) is 4.37. The van der Waals surface area contributed by atoms with Crippen molar-refractivity contribution in [1.82, 2.24) is 0 Å². The van der Waals surface area contributed by atoms with E-state index in [0.717, 1.165) is 0 Å². The van der Waals surface area contributed by atoms with E-state index >= 15 is 0 Å². The SMILES string of the molecule is C=C(C)C(=O)O.O=C(O)O.[CaH2]. The van der Waals surface area contributed by atoms with E-state index in [9.17, 15) is 4.79 Å². The predicted octanol–water partition coefficient (Wildman–Crippen LogP) is -0.0467. The Labute approximate surface area is 93.3 Å². The summed E-state index contributed by atoms with van der Waals surface area (Å²) in [5, 5.41) is 21.8. The van der Waals surface area contributed by atoms with Crippen LogP contribution in [0.3, 0.4) is 0 Å². The predicted molar refractivity (Wildman–Crippen MR) is 41.6 cm³/mol. The molecule has 0 amide bonds. The fraction of sp³-hybridized carbons (Fsp3) is 0.200. The molecule has 62 valence electrons. The van der Waals surface area contributed by atoms with E-state index in [2.05, 4.69) is 6.58 Å². The normalized spacial score (nSPS) is 6.27. The number of carboxylic acid groups (broad SMARTS) is 3. The third-order valence-electron chi connectivity index (χ3n) is 0.365. The molecule has 0 saturated carbocycles. The molecule has 0 aromatic rings. The molecule has 6 heteroatoms. The number of carboxylic acids is 1. The third kappa shape index (κ3) is 41.7. The molecule has 0 aromatic carbocycles. The summed E-state index contributed by atoms with van der Waals surface area (Å²) in [4.78, 5) is 18.2. The van der Waals surface area contributed by atoms with Crippen LogP contribution in [0.5, 0.6) is 0 Å². The van der Waals surface area contributed by atoms with Gasteiger partial charge in [-0.2, -0.15) is 0 Å². The molecule has 0 aliphatic carbocycles. The summed E-state index contributed by atoms with van der Waals surface area (Å²) < 4.78 is 0. The van der Waals surface area contributed by atoms with Crippen molar-refractivity contribution in [2.45, 2.75) is 6.92 Å². The molecular formula is C5H10CaO5. The van der Waals surface area contributed by atoms with Crippen LogP contribution in [0.25, 0.3) is 0 Å². The van der Waals surface area contributed by atoms with E-state index in [1.807, 2.05) is 0 Å². The second-order valence-corrected chi connectivity index (χ2v) is 1.37. The van der Waals surface area contributed by atoms with Gasteiger partial charge in [-0.1, -0.05) is 6.58 Å². The number of aliphatic carboxylic acids is 1. The van der Waals surface area contributed by atoms with Crippen molar-refractivity contribution in [3.63, 3.8) is 0 Å². The Kier molecular flexibility index (Phi) is 15.1. The van der Waals surface area contributed by atoms with Crippen molar-refractivity contribution in [3.05, 3.63) is 12.2 Å². The van der Waals surface area contributed by atoms with Crippen LogP contribution >= 0.6 is 0 Å². The number of hydrogen-bond acceptors (Lipinski definition) is 2. The molecule has 0 aromatic heterocycles. The van der Waals surface area contributed by atoms with Gasteiger partial charge in [0, 0.05) is 5.57 Å². The van der Waals surface area contributed by atoms with Crippen LogP contribution in [-0.4, -0.2) is 65.2 Å². The van der Waals surface area contributed by atoms with Crippen LogP contribution in [0.15, 0.2) is 12.2 Å². The van der Waals surface area contributed by atoms with Crippen molar-refractivity contribution in [2.75, 3.05) is 0 Å². The molecule has 0 rings (SSSR count). The Morgan fingerprint density at radius 2 is 1.27 bits per heavy atom. The molecule has 0 aliphatic heterocycles. The van der Waals surface area contributed by atoms with E-state index in [-0.39, 0.29) is 43.3 Å². The summed E-state index contributed by atoms with van der Waals surface area (Å²) in [5.41, 5.74) is 0.176. The van der Waals surface area contributed by atoms with Gasteiger partial charge >= 0.3 is 49.9 Å². The molecule has 0 aliphatic rings. The summed E-state index contributed by atoms with van der Waals surface area (Å²) >= 11 is 0. The van der Waals surface area contributed by atoms with Gasteiger partial charge in [0.2, 0.25) is 0 Å². The van der Waals surface area contributed by atoms with Crippen molar-refractivity contribution in [2.24, 2.45) is 0 Å². The summed E-state index contributed by atoms with van der Waals surface area (Å²) in [7, 11) is 0.